The van der Waals surface area contributed by atoms with E-state index < -0.39 is 0 Å². The van der Waals surface area contributed by atoms with Crippen molar-refractivity contribution in [1.82, 2.24) is 0 Å². The minimum Gasteiger partial charge on any atom is -0.326 e. The average Bonchev–Trinajstić information content (AvgIpc) is 3.07. The molecule has 0 spiro atoms. The maximum Gasteiger partial charge on any atom is 0.224 e. The molecular formula is C13H12N2O. The first-order valence-corrected chi connectivity index (χ1v) is 5.60. The highest BCUT2D eigenvalue weighted by atomic mass is 16.1. The number of nitrogens with one attached hydrogen (secondary N) is 1. The molecule has 1 aliphatic heterocycles. The second kappa shape index (κ2) is 3.34. The van der Waals surface area contributed by atoms with Gasteiger partial charge in [-0.15, -0.1) is 0 Å². The van der Waals surface area contributed by atoms with E-state index in [2.05, 4.69) is 17.5 Å². The van der Waals surface area contributed by atoms with Crippen molar-refractivity contribution in [2.24, 2.45) is 5.92 Å². The van der Waals surface area contributed by atoms with Gasteiger partial charge in [0.15, 0.2) is 0 Å². The van der Waals surface area contributed by atoms with Crippen molar-refractivity contribution in [3.8, 4) is 6.07 Å². The molecule has 1 saturated carbocycles. The monoisotopic (exact) mass is 212 g/mol. The van der Waals surface area contributed by atoms with E-state index in [9.17, 15) is 4.79 Å². The summed E-state index contributed by atoms with van der Waals surface area (Å²) in [7, 11) is 0. The number of nitrogens with zero attached hydrogens (tertiary/aromatic N) is 1. The van der Waals surface area contributed by atoms with Crippen LogP contribution in [0.2, 0.25) is 0 Å². The molecule has 3 nitrogen and oxygen atoms in total. The molecule has 1 aliphatic carbocycles. The smallest absolute Gasteiger partial charge is 0.224 e. The number of nitriles is 1. The fraction of sp³-hybridized carbons (Fsp3) is 0.385. The molecule has 2 atom stereocenters. The van der Waals surface area contributed by atoms with Gasteiger partial charge in [0.2, 0.25) is 5.91 Å². The summed E-state index contributed by atoms with van der Waals surface area (Å²) < 4.78 is 0. The Morgan fingerprint density at radius 2 is 2.25 bits per heavy atom. The summed E-state index contributed by atoms with van der Waals surface area (Å²) in [6.45, 7) is 0. The first-order chi connectivity index (χ1) is 7.78. The van der Waals surface area contributed by atoms with Gasteiger partial charge in [-0.1, -0.05) is 12.1 Å². The van der Waals surface area contributed by atoms with Crippen LogP contribution in [-0.2, 0) is 11.2 Å². The number of hydrogen-bond acceptors (Lipinski definition) is 2. The number of hydrogen-bond donors (Lipinski definition) is 1. The minimum absolute atomic E-state index is 0.0987. The predicted octanol–water partition coefficient (Wildman–Crippen LogP) is 2.20. The van der Waals surface area contributed by atoms with Crippen molar-refractivity contribution in [3.05, 3.63) is 29.3 Å². The van der Waals surface area contributed by atoms with Gasteiger partial charge < -0.3 is 5.32 Å². The summed E-state index contributed by atoms with van der Waals surface area (Å²) in [6.07, 6.45) is 2.38. The normalized spacial score (nSPS) is 26.6. The lowest BCUT2D eigenvalue weighted by molar-refractivity contribution is -0.116. The van der Waals surface area contributed by atoms with Gasteiger partial charge in [0.05, 0.1) is 12.0 Å². The van der Waals surface area contributed by atoms with E-state index in [0.29, 0.717) is 12.3 Å². The Balaban J connectivity index is 1.89. The number of fused-ring (bicyclic) bond motifs is 1. The maximum atomic E-state index is 11.2. The Bertz CT molecular complexity index is 501. The van der Waals surface area contributed by atoms with Gasteiger partial charge in [0, 0.05) is 18.0 Å². The van der Waals surface area contributed by atoms with E-state index in [1.807, 2.05) is 12.1 Å². The fourth-order valence-corrected chi connectivity index (χ4v) is 2.34. The lowest BCUT2D eigenvalue weighted by atomic mass is 9.98. The van der Waals surface area contributed by atoms with Crippen molar-refractivity contribution in [2.45, 2.75) is 25.2 Å². The molecule has 1 heterocycles. The first kappa shape index (κ1) is 9.41. The molecule has 3 heteroatoms. The Labute approximate surface area is 94.1 Å². The van der Waals surface area contributed by atoms with Gasteiger partial charge in [0.25, 0.3) is 0 Å². The van der Waals surface area contributed by atoms with Crippen LogP contribution < -0.4 is 5.32 Å². The van der Waals surface area contributed by atoms with Crippen LogP contribution in [0, 0.1) is 17.2 Å². The molecule has 80 valence electrons. The molecule has 0 aromatic heterocycles. The third kappa shape index (κ3) is 1.47. The molecule has 2 unspecified atom stereocenters. The molecule has 16 heavy (non-hydrogen) atoms. The van der Waals surface area contributed by atoms with Crippen LogP contribution in [0.4, 0.5) is 5.69 Å². The van der Waals surface area contributed by atoms with Crippen molar-refractivity contribution >= 4 is 11.6 Å². The zero-order chi connectivity index (χ0) is 11.1. The lowest BCUT2D eigenvalue weighted by Gasteiger charge is -2.17. The van der Waals surface area contributed by atoms with E-state index >= 15 is 0 Å². The molecule has 1 N–H and O–H groups in total. The van der Waals surface area contributed by atoms with Crippen LogP contribution in [0.15, 0.2) is 18.2 Å². The number of carbonyl (C=O) groups excluding carboxylic acids is 1. The molecule has 2 aliphatic rings. The Morgan fingerprint density at radius 1 is 1.38 bits per heavy atom. The van der Waals surface area contributed by atoms with E-state index in [0.717, 1.165) is 18.5 Å². The van der Waals surface area contributed by atoms with Crippen molar-refractivity contribution < 1.29 is 4.79 Å². The number of rotatable bonds is 1. The molecular weight excluding hydrogens is 200 g/mol. The first-order valence-electron chi connectivity index (χ1n) is 5.60. The molecule has 3 rings (SSSR count). The Kier molecular flexibility index (Phi) is 1.97. The molecule has 1 aromatic rings. The highest BCUT2D eigenvalue weighted by Crippen LogP contribution is 2.47. The second-order valence-electron chi connectivity index (χ2n) is 4.54. The molecule has 1 aromatic carbocycles. The van der Waals surface area contributed by atoms with Crippen LogP contribution in [0.3, 0.4) is 0 Å². The fourth-order valence-electron chi connectivity index (χ4n) is 2.34. The molecule has 0 saturated heterocycles. The number of amides is 1. The van der Waals surface area contributed by atoms with E-state index in [4.69, 9.17) is 5.26 Å². The highest BCUT2D eigenvalue weighted by molar-refractivity contribution is 5.93. The zero-order valence-electron chi connectivity index (χ0n) is 8.86. The summed E-state index contributed by atoms with van der Waals surface area (Å²) >= 11 is 0. The third-order valence-electron chi connectivity index (χ3n) is 3.41. The van der Waals surface area contributed by atoms with Gasteiger partial charge in [-0.2, -0.15) is 5.26 Å². The topological polar surface area (TPSA) is 52.9 Å². The SMILES string of the molecule is N#CC1CC1c1ccc2c(c1)CCC(=O)N2. The quantitative estimate of drug-likeness (QED) is 0.775. The van der Waals surface area contributed by atoms with Gasteiger partial charge in [0.1, 0.15) is 0 Å². The third-order valence-corrected chi connectivity index (χ3v) is 3.41. The highest BCUT2D eigenvalue weighted by Gasteiger charge is 2.38. The van der Waals surface area contributed by atoms with Crippen LogP contribution >= 0.6 is 0 Å². The van der Waals surface area contributed by atoms with Crippen LogP contribution in [-0.4, -0.2) is 5.91 Å². The summed E-state index contributed by atoms with van der Waals surface area (Å²) in [5.74, 6) is 0.728. The second-order valence-corrected chi connectivity index (χ2v) is 4.54. The van der Waals surface area contributed by atoms with Gasteiger partial charge in [-0.05, 0) is 30.0 Å². The Morgan fingerprint density at radius 3 is 3.00 bits per heavy atom. The van der Waals surface area contributed by atoms with E-state index in [1.54, 1.807) is 0 Å². The van der Waals surface area contributed by atoms with Crippen molar-refractivity contribution in [2.75, 3.05) is 5.32 Å². The van der Waals surface area contributed by atoms with Gasteiger partial charge in [-0.25, -0.2) is 0 Å². The van der Waals surface area contributed by atoms with Gasteiger partial charge in [-0.3, -0.25) is 4.79 Å². The molecule has 1 amide bonds. The van der Waals surface area contributed by atoms with E-state index in [-0.39, 0.29) is 11.8 Å². The summed E-state index contributed by atoms with van der Waals surface area (Å²) in [6, 6.07) is 8.46. The standard InChI is InChI=1S/C13H12N2O/c14-7-10-6-11(10)8-1-3-12-9(5-8)2-4-13(16)15-12/h1,3,5,10-11H,2,4,6H2,(H,15,16). The lowest BCUT2D eigenvalue weighted by Crippen LogP contribution is -2.18. The molecule has 0 radical (unpaired) electrons. The summed E-state index contributed by atoms with van der Waals surface area (Å²) in [5, 5.41) is 11.7. The van der Waals surface area contributed by atoms with Crippen molar-refractivity contribution in [3.63, 3.8) is 0 Å². The van der Waals surface area contributed by atoms with Crippen molar-refractivity contribution in [1.29, 1.82) is 5.26 Å². The molecule has 1 fully saturated rings. The van der Waals surface area contributed by atoms with Crippen LogP contribution in [0.25, 0.3) is 0 Å². The Hall–Kier alpha value is -1.82. The number of benzene rings is 1. The number of carbonyl (C=O) groups is 1. The van der Waals surface area contributed by atoms with Gasteiger partial charge >= 0.3 is 0 Å². The average molecular weight is 212 g/mol. The van der Waals surface area contributed by atoms with Crippen LogP contribution in [0.1, 0.15) is 29.9 Å². The zero-order valence-corrected chi connectivity index (χ0v) is 8.86. The molecule has 0 bridgehead atoms. The number of anilines is 1. The maximum absolute atomic E-state index is 11.2. The number of aryl methyl sites for hydroxylation is 1. The summed E-state index contributed by atoms with van der Waals surface area (Å²) in [4.78, 5) is 11.2. The van der Waals surface area contributed by atoms with E-state index in [1.165, 1.54) is 11.1 Å². The largest absolute Gasteiger partial charge is 0.326 e. The predicted molar refractivity (Wildman–Crippen MR) is 59.9 cm³/mol. The summed E-state index contributed by atoms with van der Waals surface area (Å²) in [5.41, 5.74) is 3.40. The van der Waals surface area contributed by atoms with Crippen LogP contribution in [0.5, 0.6) is 0 Å². The minimum atomic E-state index is 0.0987.